The molecule has 1 atom stereocenters. The van der Waals surface area contributed by atoms with Crippen LogP contribution in [0.5, 0.6) is 0 Å². The van der Waals surface area contributed by atoms with E-state index >= 15 is 0 Å². The van der Waals surface area contributed by atoms with E-state index in [9.17, 15) is 4.79 Å². The molecule has 0 unspecified atom stereocenters. The van der Waals surface area contributed by atoms with E-state index in [2.05, 4.69) is 25.3 Å². The summed E-state index contributed by atoms with van der Waals surface area (Å²) in [7, 11) is 0. The minimum absolute atomic E-state index is 0.0549. The molecule has 0 aromatic carbocycles. The molecule has 3 heterocycles. The minimum Gasteiger partial charge on any atom is -0.360 e. The summed E-state index contributed by atoms with van der Waals surface area (Å²) in [6.45, 7) is 5.60. The number of carbonyl (C=O) groups is 1. The third kappa shape index (κ3) is 3.67. The lowest BCUT2D eigenvalue weighted by Gasteiger charge is -2.32. The van der Waals surface area contributed by atoms with Crippen LogP contribution in [0, 0.1) is 0 Å². The SMILES string of the molecule is CC(C)c1cc(C(=O)N[C@@H]2CCCN(c3ncccn3)C2)no1. The molecule has 7 nitrogen and oxygen atoms in total. The minimum atomic E-state index is -0.193. The molecule has 0 spiro atoms. The van der Waals surface area contributed by atoms with Gasteiger partial charge in [0.2, 0.25) is 5.95 Å². The first-order valence-electron chi connectivity index (χ1n) is 7.93. The molecule has 2 aromatic rings. The van der Waals surface area contributed by atoms with Gasteiger partial charge in [0.1, 0.15) is 5.76 Å². The maximum absolute atomic E-state index is 12.3. The first-order valence-corrected chi connectivity index (χ1v) is 7.93. The van der Waals surface area contributed by atoms with E-state index in [0.29, 0.717) is 18.2 Å². The summed E-state index contributed by atoms with van der Waals surface area (Å²) in [5.74, 6) is 1.44. The summed E-state index contributed by atoms with van der Waals surface area (Å²) >= 11 is 0. The molecule has 122 valence electrons. The van der Waals surface area contributed by atoms with E-state index < -0.39 is 0 Å². The molecular formula is C16H21N5O2. The second-order valence-electron chi connectivity index (χ2n) is 6.08. The Morgan fingerprint density at radius 1 is 1.39 bits per heavy atom. The fraction of sp³-hybridized carbons (Fsp3) is 0.500. The van der Waals surface area contributed by atoms with Crippen molar-refractivity contribution in [2.75, 3.05) is 18.0 Å². The Morgan fingerprint density at radius 2 is 2.17 bits per heavy atom. The van der Waals surface area contributed by atoms with Crippen molar-refractivity contribution < 1.29 is 9.32 Å². The molecule has 1 amide bonds. The number of nitrogens with zero attached hydrogens (tertiary/aromatic N) is 4. The number of amides is 1. The molecule has 0 bridgehead atoms. The van der Waals surface area contributed by atoms with Gasteiger partial charge < -0.3 is 14.7 Å². The summed E-state index contributed by atoms with van der Waals surface area (Å²) in [5, 5.41) is 6.88. The van der Waals surface area contributed by atoms with E-state index in [0.717, 1.165) is 25.1 Å². The Bertz CT molecular complexity index is 656. The summed E-state index contributed by atoms with van der Waals surface area (Å²) in [6, 6.07) is 3.56. The van der Waals surface area contributed by atoms with Gasteiger partial charge in [-0.15, -0.1) is 0 Å². The summed E-state index contributed by atoms with van der Waals surface area (Å²) in [5.41, 5.74) is 0.335. The molecular weight excluding hydrogens is 294 g/mol. The Labute approximate surface area is 135 Å². The number of nitrogens with one attached hydrogen (secondary N) is 1. The van der Waals surface area contributed by atoms with Crippen LogP contribution < -0.4 is 10.2 Å². The molecule has 1 aliphatic rings. The number of hydrogen-bond acceptors (Lipinski definition) is 6. The van der Waals surface area contributed by atoms with Crippen LogP contribution in [0.15, 0.2) is 29.0 Å². The molecule has 0 aliphatic carbocycles. The zero-order valence-corrected chi connectivity index (χ0v) is 13.4. The zero-order chi connectivity index (χ0) is 16.2. The second-order valence-corrected chi connectivity index (χ2v) is 6.08. The van der Waals surface area contributed by atoms with Gasteiger partial charge in [0.15, 0.2) is 5.69 Å². The van der Waals surface area contributed by atoms with Gasteiger partial charge >= 0.3 is 0 Å². The first-order chi connectivity index (χ1) is 11.1. The second kappa shape index (κ2) is 6.76. The van der Waals surface area contributed by atoms with Gasteiger partial charge in [-0.1, -0.05) is 19.0 Å². The number of anilines is 1. The lowest BCUT2D eigenvalue weighted by Crippen LogP contribution is -2.48. The van der Waals surface area contributed by atoms with E-state index in [1.54, 1.807) is 24.5 Å². The lowest BCUT2D eigenvalue weighted by molar-refractivity contribution is 0.0923. The number of rotatable bonds is 4. The molecule has 0 radical (unpaired) electrons. The van der Waals surface area contributed by atoms with Crippen LogP contribution in [0.3, 0.4) is 0 Å². The van der Waals surface area contributed by atoms with Crippen LogP contribution in [0.1, 0.15) is 48.9 Å². The first kappa shape index (κ1) is 15.5. The number of piperidine rings is 1. The van der Waals surface area contributed by atoms with Gasteiger partial charge in [0, 0.05) is 43.5 Å². The smallest absolute Gasteiger partial charge is 0.273 e. The fourth-order valence-corrected chi connectivity index (χ4v) is 2.66. The van der Waals surface area contributed by atoms with Crippen molar-refractivity contribution in [2.45, 2.75) is 38.6 Å². The molecule has 0 saturated carbocycles. The van der Waals surface area contributed by atoms with Crippen molar-refractivity contribution in [1.29, 1.82) is 0 Å². The van der Waals surface area contributed by atoms with Gasteiger partial charge in [0.05, 0.1) is 0 Å². The van der Waals surface area contributed by atoms with Crippen LogP contribution >= 0.6 is 0 Å². The molecule has 2 aromatic heterocycles. The molecule has 1 fully saturated rings. The Kier molecular flexibility index (Phi) is 4.55. The van der Waals surface area contributed by atoms with E-state index in [-0.39, 0.29) is 17.9 Å². The number of hydrogen-bond donors (Lipinski definition) is 1. The highest BCUT2D eigenvalue weighted by molar-refractivity contribution is 5.92. The Morgan fingerprint density at radius 3 is 2.87 bits per heavy atom. The highest BCUT2D eigenvalue weighted by Gasteiger charge is 2.24. The normalized spacial score (nSPS) is 18.2. The highest BCUT2D eigenvalue weighted by Crippen LogP contribution is 2.17. The molecule has 23 heavy (non-hydrogen) atoms. The Balaban J connectivity index is 1.62. The van der Waals surface area contributed by atoms with Crippen LogP contribution in [-0.2, 0) is 0 Å². The molecule has 1 saturated heterocycles. The number of aromatic nitrogens is 3. The van der Waals surface area contributed by atoms with Crippen molar-refractivity contribution in [1.82, 2.24) is 20.4 Å². The van der Waals surface area contributed by atoms with Crippen LogP contribution in [-0.4, -0.2) is 40.2 Å². The third-order valence-corrected chi connectivity index (χ3v) is 3.92. The van der Waals surface area contributed by atoms with Gasteiger partial charge in [-0.25, -0.2) is 9.97 Å². The average molecular weight is 315 g/mol. The van der Waals surface area contributed by atoms with Crippen LogP contribution in [0.25, 0.3) is 0 Å². The largest absolute Gasteiger partial charge is 0.360 e. The number of carbonyl (C=O) groups excluding carboxylic acids is 1. The van der Waals surface area contributed by atoms with Crippen molar-refractivity contribution in [3.8, 4) is 0 Å². The van der Waals surface area contributed by atoms with E-state index in [1.807, 2.05) is 13.8 Å². The summed E-state index contributed by atoms with van der Waals surface area (Å²) in [4.78, 5) is 22.9. The molecule has 3 rings (SSSR count). The monoisotopic (exact) mass is 315 g/mol. The predicted octanol–water partition coefficient (Wildman–Crippen LogP) is 1.99. The third-order valence-electron chi connectivity index (χ3n) is 3.92. The zero-order valence-electron chi connectivity index (χ0n) is 13.4. The summed E-state index contributed by atoms with van der Waals surface area (Å²) < 4.78 is 5.19. The fourth-order valence-electron chi connectivity index (χ4n) is 2.66. The van der Waals surface area contributed by atoms with E-state index in [1.165, 1.54) is 0 Å². The van der Waals surface area contributed by atoms with Crippen molar-refractivity contribution in [3.63, 3.8) is 0 Å². The predicted molar refractivity (Wildman–Crippen MR) is 85.3 cm³/mol. The molecule has 1 aliphatic heterocycles. The lowest BCUT2D eigenvalue weighted by atomic mass is 10.1. The highest BCUT2D eigenvalue weighted by atomic mass is 16.5. The average Bonchev–Trinajstić information content (AvgIpc) is 3.06. The van der Waals surface area contributed by atoms with Crippen molar-refractivity contribution >= 4 is 11.9 Å². The van der Waals surface area contributed by atoms with E-state index in [4.69, 9.17) is 4.52 Å². The maximum atomic E-state index is 12.3. The maximum Gasteiger partial charge on any atom is 0.273 e. The molecule has 7 heteroatoms. The van der Waals surface area contributed by atoms with Crippen LogP contribution in [0.4, 0.5) is 5.95 Å². The van der Waals surface area contributed by atoms with Gasteiger partial charge in [0.25, 0.3) is 5.91 Å². The van der Waals surface area contributed by atoms with Crippen molar-refractivity contribution in [3.05, 3.63) is 36.0 Å². The standard InChI is InChI=1S/C16H21N5O2/c1-11(2)14-9-13(20-23-14)15(22)19-12-5-3-8-21(10-12)16-17-6-4-7-18-16/h4,6-7,9,11-12H,3,5,8,10H2,1-2H3,(H,19,22)/t12-/m1/s1. The van der Waals surface area contributed by atoms with Gasteiger partial charge in [-0.2, -0.15) is 0 Å². The summed E-state index contributed by atoms with van der Waals surface area (Å²) in [6.07, 6.45) is 5.38. The van der Waals surface area contributed by atoms with Gasteiger partial charge in [-0.05, 0) is 18.9 Å². The topological polar surface area (TPSA) is 84.2 Å². The van der Waals surface area contributed by atoms with Crippen molar-refractivity contribution in [2.24, 2.45) is 0 Å². The molecule has 1 N–H and O–H groups in total. The quantitative estimate of drug-likeness (QED) is 0.929. The van der Waals surface area contributed by atoms with Crippen LogP contribution in [0.2, 0.25) is 0 Å². The van der Waals surface area contributed by atoms with Gasteiger partial charge in [-0.3, -0.25) is 4.79 Å². The Hall–Kier alpha value is -2.44.